The van der Waals surface area contributed by atoms with Crippen molar-refractivity contribution in [2.45, 2.75) is 18.9 Å². The predicted molar refractivity (Wildman–Crippen MR) is 105 cm³/mol. The van der Waals surface area contributed by atoms with Crippen LogP contribution in [-0.2, 0) is 0 Å². The zero-order valence-electron chi connectivity index (χ0n) is 14.2. The quantitative estimate of drug-likeness (QED) is 0.572. The Kier molecular flexibility index (Phi) is 5.71. The molecule has 0 aromatic heterocycles. The second-order valence-corrected chi connectivity index (χ2v) is 7.04. The number of non-ortho nitro benzene ring substituents is 1. The molecule has 1 aliphatic heterocycles. The second kappa shape index (κ2) is 8.01. The van der Waals surface area contributed by atoms with E-state index >= 15 is 0 Å². The molecule has 3 rings (SSSR count). The highest BCUT2D eigenvalue weighted by molar-refractivity contribution is 6.39. The van der Waals surface area contributed by atoms with Gasteiger partial charge < -0.3 is 15.3 Å². The first kappa shape index (κ1) is 19.2. The fraction of sp³-hybridized carbons (Fsp3) is 0.278. The Labute approximate surface area is 165 Å². The highest BCUT2D eigenvalue weighted by Crippen LogP contribution is 2.37. The number of nitrogens with zero attached hydrogens (tertiary/aromatic N) is 3. The zero-order chi connectivity index (χ0) is 19.6. The van der Waals surface area contributed by atoms with Crippen molar-refractivity contribution >= 4 is 46.0 Å². The van der Waals surface area contributed by atoms with Gasteiger partial charge in [0.15, 0.2) is 0 Å². The number of nitro benzene ring substituents is 1. The van der Waals surface area contributed by atoms with Crippen molar-refractivity contribution in [1.29, 1.82) is 5.26 Å². The largest absolute Gasteiger partial charge is 0.393 e. The number of piperidine rings is 1. The van der Waals surface area contributed by atoms with Crippen molar-refractivity contribution in [2.75, 3.05) is 23.3 Å². The normalized spacial score (nSPS) is 14.7. The van der Waals surface area contributed by atoms with E-state index in [0.717, 1.165) is 5.69 Å². The topological polar surface area (TPSA) is 102 Å². The molecule has 140 valence electrons. The van der Waals surface area contributed by atoms with Gasteiger partial charge in [-0.15, -0.1) is 0 Å². The molecule has 1 heterocycles. The second-order valence-electron chi connectivity index (χ2n) is 6.23. The van der Waals surface area contributed by atoms with E-state index < -0.39 is 4.92 Å². The van der Waals surface area contributed by atoms with Crippen molar-refractivity contribution in [3.8, 4) is 6.07 Å². The van der Waals surface area contributed by atoms with Crippen LogP contribution < -0.4 is 10.2 Å². The zero-order valence-corrected chi connectivity index (χ0v) is 15.7. The van der Waals surface area contributed by atoms with E-state index in [9.17, 15) is 20.5 Å². The molecule has 0 saturated carbocycles. The number of aliphatic hydroxyl groups is 1. The maximum Gasteiger partial charge on any atom is 0.272 e. The number of halogens is 2. The van der Waals surface area contributed by atoms with Gasteiger partial charge in [-0.05, 0) is 31.0 Å². The van der Waals surface area contributed by atoms with Crippen LogP contribution in [0.5, 0.6) is 0 Å². The number of benzene rings is 2. The van der Waals surface area contributed by atoms with Crippen LogP contribution in [-0.4, -0.2) is 29.2 Å². The number of nitrogens with one attached hydrogen (secondary N) is 1. The molecule has 27 heavy (non-hydrogen) atoms. The summed E-state index contributed by atoms with van der Waals surface area (Å²) >= 11 is 12.2. The van der Waals surface area contributed by atoms with Gasteiger partial charge in [-0.25, -0.2) is 0 Å². The molecule has 1 saturated heterocycles. The van der Waals surface area contributed by atoms with Crippen molar-refractivity contribution in [3.05, 3.63) is 56.1 Å². The van der Waals surface area contributed by atoms with Crippen molar-refractivity contribution < 1.29 is 10.0 Å². The molecule has 0 atom stereocenters. The maximum absolute atomic E-state index is 10.9. The van der Waals surface area contributed by atoms with Crippen molar-refractivity contribution in [1.82, 2.24) is 0 Å². The summed E-state index contributed by atoms with van der Waals surface area (Å²) in [5.41, 5.74) is 2.00. The summed E-state index contributed by atoms with van der Waals surface area (Å²) in [7, 11) is 0. The summed E-state index contributed by atoms with van der Waals surface area (Å²) in [5.74, 6) is 0. The van der Waals surface area contributed by atoms with Crippen LogP contribution in [0.25, 0.3) is 0 Å². The number of nitriles is 1. The third kappa shape index (κ3) is 4.25. The van der Waals surface area contributed by atoms with Gasteiger partial charge in [-0.1, -0.05) is 23.2 Å². The Balaban J connectivity index is 1.87. The Hall–Kier alpha value is -2.53. The monoisotopic (exact) mass is 406 g/mol. The lowest BCUT2D eigenvalue weighted by Gasteiger charge is -2.32. The van der Waals surface area contributed by atoms with Crippen LogP contribution in [0, 0.1) is 21.4 Å². The summed E-state index contributed by atoms with van der Waals surface area (Å²) in [6.45, 7) is 1.37. The standard InChI is InChI=1S/C18H16Cl2N4O3/c19-15-8-13(24(26)27)9-16(20)18(15)22-12-1-2-17(11(7-12)10-21)23-5-3-14(25)4-6-23/h1-2,7-9,14,22,25H,3-6H2. The van der Waals surface area contributed by atoms with E-state index in [2.05, 4.69) is 16.3 Å². The highest BCUT2D eigenvalue weighted by atomic mass is 35.5. The Bertz CT molecular complexity index is 898. The maximum atomic E-state index is 10.9. The lowest BCUT2D eigenvalue weighted by molar-refractivity contribution is -0.384. The number of rotatable bonds is 4. The smallest absolute Gasteiger partial charge is 0.272 e. The van der Waals surface area contributed by atoms with E-state index in [0.29, 0.717) is 42.9 Å². The molecular formula is C18H16Cl2N4O3. The summed E-state index contributed by atoms with van der Waals surface area (Å²) in [5, 5.41) is 33.3. The Morgan fingerprint density at radius 3 is 2.41 bits per heavy atom. The molecular weight excluding hydrogens is 391 g/mol. The first-order valence-corrected chi connectivity index (χ1v) is 9.02. The van der Waals surface area contributed by atoms with Gasteiger partial charge in [0, 0.05) is 30.9 Å². The molecule has 2 N–H and O–H groups in total. The average Bonchev–Trinajstić information content (AvgIpc) is 2.65. The van der Waals surface area contributed by atoms with E-state index in [4.69, 9.17) is 23.2 Å². The first-order chi connectivity index (χ1) is 12.9. The van der Waals surface area contributed by atoms with Gasteiger partial charge in [0.05, 0.1) is 38.0 Å². The van der Waals surface area contributed by atoms with Crippen LogP contribution in [0.1, 0.15) is 18.4 Å². The lowest BCUT2D eigenvalue weighted by Crippen LogP contribution is -2.36. The summed E-state index contributed by atoms with van der Waals surface area (Å²) < 4.78 is 0. The third-order valence-electron chi connectivity index (χ3n) is 4.43. The van der Waals surface area contributed by atoms with E-state index in [1.54, 1.807) is 12.1 Å². The number of nitro groups is 1. The summed E-state index contributed by atoms with van der Waals surface area (Å²) in [4.78, 5) is 12.4. The molecule has 2 aromatic rings. The number of hydrogen-bond acceptors (Lipinski definition) is 6. The van der Waals surface area contributed by atoms with Crippen LogP contribution in [0.15, 0.2) is 30.3 Å². The predicted octanol–water partition coefficient (Wildman–Crippen LogP) is 4.48. The molecule has 0 bridgehead atoms. The minimum absolute atomic E-state index is 0.113. The molecule has 0 radical (unpaired) electrons. The fourth-order valence-corrected chi connectivity index (χ4v) is 3.58. The van der Waals surface area contributed by atoms with Gasteiger partial charge >= 0.3 is 0 Å². The Morgan fingerprint density at radius 2 is 1.85 bits per heavy atom. The summed E-state index contributed by atoms with van der Waals surface area (Å²) in [6, 6.07) is 9.90. The van der Waals surface area contributed by atoms with Gasteiger partial charge in [-0.2, -0.15) is 5.26 Å². The van der Waals surface area contributed by atoms with E-state index in [-0.39, 0.29) is 21.8 Å². The van der Waals surface area contributed by atoms with Crippen LogP contribution >= 0.6 is 23.2 Å². The Morgan fingerprint density at radius 1 is 1.22 bits per heavy atom. The highest BCUT2D eigenvalue weighted by Gasteiger charge is 2.20. The number of anilines is 3. The fourth-order valence-electron chi connectivity index (χ4n) is 3.01. The minimum atomic E-state index is -0.570. The molecule has 0 amide bonds. The third-order valence-corrected chi connectivity index (χ3v) is 5.03. The number of aliphatic hydroxyl groups excluding tert-OH is 1. The number of hydrogen-bond donors (Lipinski definition) is 2. The van der Waals surface area contributed by atoms with Gasteiger partial charge in [-0.3, -0.25) is 10.1 Å². The van der Waals surface area contributed by atoms with E-state index in [1.165, 1.54) is 12.1 Å². The molecule has 9 heteroatoms. The van der Waals surface area contributed by atoms with Gasteiger partial charge in [0.25, 0.3) is 5.69 Å². The molecule has 0 unspecified atom stereocenters. The lowest BCUT2D eigenvalue weighted by atomic mass is 10.0. The molecule has 1 aliphatic rings. The van der Waals surface area contributed by atoms with Crippen LogP contribution in [0.2, 0.25) is 10.0 Å². The van der Waals surface area contributed by atoms with Crippen molar-refractivity contribution in [2.24, 2.45) is 0 Å². The molecule has 0 aliphatic carbocycles. The molecule has 7 nitrogen and oxygen atoms in total. The molecule has 0 spiro atoms. The summed E-state index contributed by atoms with van der Waals surface area (Å²) in [6.07, 6.45) is 1.04. The minimum Gasteiger partial charge on any atom is -0.393 e. The molecule has 1 fully saturated rings. The van der Waals surface area contributed by atoms with Crippen LogP contribution in [0.3, 0.4) is 0 Å². The molecule has 2 aromatic carbocycles. The average molecular weight is 407 g/mol. The van der Waals surface area contributed by atoms with Gasteiger partial charge in [0.2, 0.25) is 0 Å². The van der Waals surface area contributed by atoms with E-state index in [1.807, 2.05) is 6.07 Å². The van der Waals surface area contributed by atoms with Crippen LogP contribution in [0.4, 0.5) is 22.7 Å². The SMILES string of the molecule is N#Cc1cc(Nc2c(Cl)cc([N+](=O)[O-])cc2Cl)ccc1N1CCC(O)CC1. The van der Waals surface area contributed by atoms with Gasteiger partial charge in [0.1, 0.15) is 6.07 Å². The van der Waals surface area contributed by atoms with Crippen molar-refractivity contribution in [3.63, 3.8) is 0 Å². The first-order valence-electron chi connectivity index (χ1n) is 8.26.